The summed E-state index contributed by atoms with van der Waals surface area (Å²) >= 11 is 1.39. The van der Waals surface area contributed by atoms with E-state index in [-0.39, 0.29) is 11.1 Å². The van der Waals surface area contributed by atoms with Gasteiger partial charge in [-0.25, -0.2) is 4.39 Å². The fraction of sp³-hybridized carbons (Fsp3) is 0.429. The quantitative estimate of drug-likeness (QED) is 0.735. The highest BCUT2D eigenvalue weighted by Crippen LogP contribution is 2.35. The van der Waals surface area contributed by atoms with E-state index >= 15 is 0 Å². The molecule has 0 aliphatic heterocycles. The first-order chi connectivity index (χ1) is 9.20. The number of halogens is 1. The van der Waals surface area contributed by atoms with Gasteiger partial charge >= 0.3 is 0 Å². The van der Waals surface area contributed by atoms with Crippen molar-refractivity contribution in [2.24, 2.45) is 0 Å². The van der Waals surface area contributed by atoms with Crippen LogP contribution < -0.4 is 0 Å². The van der Waals surface area contributed by atoms with Crippen LogP contribution in [0.25, 0.3) is 0 Å². The van der Waals surface area contributed by atoms with Crippen LogP contribution in [0.15, 0.2) is 33.7 Å². The molecule has 0 fully saturated rings. The summed E-state index contributed by atoms with van der Waals surface area (Å²) < 4.78 is 18.8. The second-order valence-electron chi connectivity index (χ2n) is 4.34. The maximum Gasteiger partial charge on any atom is 0.239 e. The van der Waals surface area contributed by atoms with E-state index in [1.807, 2.05) is 13.0 Å². The number of hydrogen-bond donors (Lipinski definition) is 0. The van der Waals surface area contributed by atoms with E-state index in [2.05, 4.69) is 17.1 Å². The second kappa shape index (κ2) is 6.70. The Morgan fingerprint density at radius 2 is 2.16 bits per heavy atom. The summed E-state index contributed by atoms with van der Waals surface area (Å²) in [5.41, 5.74) is 0. The SMILES string of the molecule is CCCCc1noc(C(C)Sc2ccccc2F)n1. The zero-order valence-corrected chi connectivity index (χ0v) is 11.9. The number of rotatable bonds is 6. The minimum atomic E-state index is -0.218. The van der Waals surface area contributed by atoms with E-state index in [4.69, 9.17) is 4.52 Å². The predicted molar refractivity (Wildman–Crippen MR) is 73.6 cm³/mol. The second-order valence-corrected chi connectivity index (χ2v) is 5.73. The molecular weight excluding hydrogens is 263 g/mol. The molecule has 1 heterocycles. The minimum Gasteiger partial charge on any atom is -0.338 e. The average Bonchev–Trinajstić information content (AvgIpc) is 2.88. The van der Waals surface area contributed by atoms with Crippen LogP contribution in [0.1, 0.15) is 43.7 Å². The molecule has 2 aromatic rings. The number of aromatic nitrogens is 2. The smallest absolute Gasteiger partial charge is 0.239 e. The highest BCUT2D eigenvalue weighted by molar-refractivity contribution is 7.99. The lowest BCUT2D eigenvalue weighted by molar-refractivity contribution is 0.374. The summed E-state index contributed by atoms with van der Waals surface area (Å²) in [5, 5.41) is 3.89. The first-order valence-electron chi connectivity index (χ1n) is 6.44. The maximum absolute atomic E-state index is 13.5. The number of unbranched alkanes of at least 4 members (excludes halogenated alkanes) is 1. The van der Waals surface area contributed by atoms with E-state index in [0.717, 1.165) is 25.1 Å². The van der Waals surface area contributed by atoms with Crippen LogP contribution in [0.3, 0.4) is 0 Å². The summed E-state index contributed by atoms with van der Waals surface area (Å²) in [7, 11) is 0. The van der Waals surface area contributed by atoms with Crippen LogP contribution >= 0.6 is 11.8 Å². The Balaban J connectivity index is 2.01. The van der Waals surface area contributed by atoms with Gasteiger partial charge in [0, 0.05) is 11.3 Å². The molecule has 2 rings (SSSR count). The van der Waals surface area contributed by atoms with Crippen molar-refractivity contribution in [3.05, 3.63) is 41.8 Å². The lowest BCUT2D eigenvalue weighted by Crippen LogP contribution is -1.92. The number of nitrogens with zero attached hydrogens (tertiary/aromatic N) is 2. The first kappa shape index (κ1) is 14.1. The minimum absolute atomic E-state index is 0.0558. The van der Waals surface area contributed by atoms with Gasteiger partial charge in [-0.3, -0.25) is 0 Å². The lowest BCUT2D eigenvalue weighted by atomic mass is 10.2. The fourth-order valence-corrected chi connectivity index (χ4v) is 2.57. The van der Waals surface area contributed by atoms with Gasteiger partial charge in [0.25, 0.3) is 0 Å². The summed E-state index contributed by atoms with van der Waals surface area (Å²) in [6, 6.07) is 6.71. The standard InChI is InChI=1S/C14H17FN2OS/c1-3-4-9-13-16-14(18-17-13)10(2)19-12-8-6-5-7-11(12)15/h5-8,10H,3-4,9H2,1-2H3. The molecule has 0 bridgehead atoms. The number of hydrogen-bond acceptors (Lipinski definition) is 4. The van der Waals surface area contributed by atoms with Crippen molar-refractivity contribution >= 4 is 11.8 Å². The average molecular weight is 280 g/mol. The van der Waals surface area contributed by atoms with Gasteiger partial charge in [0.2, 0.25) is 5.89 Å². The van der Waals surface area contributed by atoms with Crippen LogP contribution in [0.4, 0.5) is 4.39 Å². The monoisotopic (exact) mass is 280 g/mol. The molecule has 19 heavy (non-hydrogen) atoms. The maximum atomic E-state index is 13.5. The van der Waals surface area contributed by atoms with Crippen molar-refractivity contribution < 1.29 is 8.91 Å². The molecule has 3 nitrogen and oxygen atoms in total. The van der Waals surface area contributed by atoms with Crippen molar-refractivity contribution in [2.75, 3.05) is 0 Å². The first-order valence-corrected chi connectivity index (χ1v) is 7.32. The van der Waals surface area contributed by atoms with Gasteiger partial charge < -0.3 is 4.52 Å². The predicted octanol–water partition coefficient (Wildman–Crippen LogP) is 4.40. The van der Waals surface area contributed by atoms with E-state index < -0.39 is 0 Å². The molecule has 5 heteroatoms. The van der Waals surface area contributed by atoms with Crippen LogP contribution in [0.2, 0.25) is 0 Å². The number of aryl methyl sites for hydroxylation is 1. The van der Waals surface area contributed by atoms with Crippen molar-refractivity contribution in [3.63, 3.8) is 0 Å². The Kier molecular flexibility index (Phi) is 4.96. The zero-order valence-electron chi connectivity index (χ0n) is 11.1. The highest BCUT2D eigenvalue weighted by atomic mass is 32.2. The summed E-state index contributed by atoms with van der Waals surface area (Å²) in [5.74, 6) is 1.07. The van der Waals surface area contributed by atoms with E-state index in [0.29, 0.717) is 10.8 Å². The molecule has 0 spiro atoms. The van der Waals surface area contributed by atoms with Crippen LogP contribution in [0.5, 0.6) is 0 Å². The van der Waals surface area contributed by atoms with Crippen LogP contribution in [-0.2, 0) is 6.42 Å². The van der Waals surface area contributed by atoms with Crippen molar-refractivity contribution in [2.45, 2.75) is 43.3 Å². The van der Waals surface area contributed by atoms with Gasteiger partial charge in [0.05, 0.1) is 5.25 Å². The Labute approximate surface area is 116 Å². The number of thioether (sulfide) groups is 1. The summed E-state index contributed by atoms with van der Waals surface area (Å²) in [6.45, 7) is 4.06. The van der Waals surface area contributed by atoms with Gasteiger partial charge in [-0.2, -0.15) is 4.98 Å². The third kappa shape index (κ3) is 3.80. The van der Waals surface area contributed by atoms with E-state index in [1.165, 1.54) is 17.8 Å². The lowest BCUT2D eigenvalue weighted by Gasteiger charge is -2.06. The third-order valence-corrected chi connectivity index (χ3v) is 3.87. The summed E-state index contributed by atoms with van der Waals surface area (Å²) in [4.78, 5) is 4.95. The summed E-state index contributed by atoms with van der Waals surface area (Å²) in [6.07, 6.45) is 2.98. The molecule has 0 saturated heterocycles. The molecule has 0 N–H and O–H groups in total. The Hall–Kier alpha value is -1.36. The molecule has 1 atom stereocenters. The van der Waals surface area contributed by atoms with Crippen LogP contribution in [-0.4, -0.2) is 10.1 Å². The van der Waals surface area contributed by atoms with Gasteiger partial charge in [-0.1, -0.05) is 30.6 Å². The van der Waals surface area contributed by atoms with Crippen LogP contribution in [0, 0.1) is 5.82 Å². The van der Waals surface area contributed by atoms with Gasteiger partial charge in [0.15, 0.2) is 5.82 Å². The van der Waals surface area contributed by atoms with Crippen molar-refractivity contribution in [1.29, 1.82) is 0 Å². The Morgan fingerprint density at radius 3 is 2.89 bits per heavy atom. The molecule has 0 amide bonds. The van der Waals surface area contributed by atoms with E-state index in [1.54, 1.807) is 12.1 Å². The molecular formula is C14H17FN2OS. The molecule has 0 aliphatic carbocycles. The van der Waals surface area contributed by atoms with E-state index in [9.17, 15) is 4.39 Å². The Bertz CT molecular complexity index is 530. The van der Waals surface area contributed by atoms with Gasteiger partial charge in [-0.05, 0) is 25.5 Å². The Morgan fingerprint density at radius 1 is 1.37 bits per heavy atom. The molecule has 1 aromatic heterocycles. The molecule has 0 radical (unpaired) electrons. The highest BCUT2D eigenvalue weighted by Gasteiger charge is 2.16. The molecule has 0 saturated carbocycles. The molecule has 1 aromatic carbocycles. The van der Waals surface area contributed by atoms with Crippen molar-refractivity contribution in [1.82, 2.24) is 10.1 Å². The molecule has 102 valence electrons. The third-order valence-electron chi connectivity index (χ3n) is 2.73. The largest absolute Gasteiger partial charge is 0.338 e. The fourth-order valence-electron chi connectivity index (χ4n) is 1.65. The normalized spacial score (nSPS) is 12.6. The topological polar surface area (TPSA) is 38.9 Å². The molecule has 1 unspecified atom stereocenters. The van der Waals surface area contributed by atoms with Gasteiger partial charge in [0.1, 0.15) is 5.82 Å². The zero-order chi connectivity index (χ0) is 13.7. The van der Waals surface area contributed by atoms with Crippen molar-refractivity contribution in [3.8, 4) is 0 Å². The van der Waals surface area contributed by atoms with Gasteiger partial charge in [-0.15, -0.1) is 11.8 Å². The number of benzene rings is 1. The molecule has 0 aliphatic rings.